The van der Waals surface area contributed by atoms with E-state index in [-0.39, 0.29) is 12.6 Å². The van der Waals surface area contributed by atoms with Crippen LogP contribution in [-0.4, -0.2) is 48.3 Å². The molecule has 3 N–H and O–H groups in total. The first kappa shape index (κ1) is 17.8. The number of carbonyl (C=O) groups excluding carboxylic acids is 1. The van der Waals surface area contributed by atoms with Crippen molar-refractivity contribution < 1.29 is 9.90 Å². The summed E-state index contributed by atoms with van der Waals surface area (Å²) in [6, 6.07) is 8.12. The molecule has 1 aliphatic rings. The summed E-state index contributed by atoms with van der Waals surface area (Å²) in [6.45, 7) is 5.15. The molecule has 23 heavy (non-hydrogen) atoms. The molecule has 1 aliphatic heterocycles. The zero-order valence-corrected chi connectivity index (χ0v) is 14.1. The molecule has 1 unspecified atom stereocenters. The molecule has 0 spiro atoms. The van der Waals surface area contributed by atoms with Crippen molar-refractivity contribution in [3.05, 3.63) is 29.8 Å². The maximum absolute atomic E-state index is 11.8. The number of aliphatic hydroxyl groups excluding tert-OH is 1. The lowest BCUT2D eigenvalue weighted by molar-refractivity contribution is 0.157. The highest BCUT2D eigenvalue weighted by Crippen LogP contribution is 2.16. The Morgan fingerprint density at radius 1 is 1.30 bits per heavy atom. The first-order chi connectivity index (χ1) is 11.2. The number of anilines is 1. The molecular weight excluding hydrogens is 290 g/mol. The van der Waals surface area contributed by atoms with E-state index in [0.29, 0.717) is 12.6 Å². The third-order valence-electron chi connectivity index (χ3n) is 4.49. The maximum atomic E-state index is 11.8. The first-order valence-corrected chi connectivity index (χ1v) is 8.71. The molecule has 2 rings (SSSR count). The lowest BCUT2D eigenvalue weighted by Crippen LogP contribution is -2.34. The SMILES string of the molecule is CCc1ccc(NC(=O)NCCCCN2CCCC2CO)cc1. The summed E-state index contributed by atoms with van der Waals surface area (Å²) in [7, 11) is 0. The first-order valence-electron chi connectivity index (χ1n) is 8.71. The van der Waals surface area contributed by atoms with Gasteiger partial charge in [-0.25, -0.2) is 4.79 Å². The second kappa shape index (κ2) is 9.53. The van der Waals surface area contributed by atoms with Crippen LogP contribution >= 0.6 is 0 Å². The van der Waals surface area contributed by atoms with Crippen LogP contribution in [0.15, 0.2) is 24.3 Å². The van der Waals surface area contributed by atoms with Gasteiger partial charge >= 0.3 is 6.03 Å². The normalized spacial score (nSPS) is 18.1. The van der Waals surface area contributed by atoms with Crippen molar-refractivity contribution in [2.75, 3.05) is 31.6 Å². The minimum absolute atomic E-state index is 0.149. The van der Waals surface area contributed by atoms with Gasteiger partial charge in [0.25, 0.3) is 0 Å². The minimum atomic E-state index is -0.149. The van der Waals surface area contributed by atoms with Crippen molar-refractivity contribution in [3.63, 3.8) is 0 Å². The molecule has 1 atom stereocenters. The average molecular weight is 319 g/mol. The molecule has 1 fully saturated rings. The fraction of sp³-hybridized carbons (Fsp3) is 0.611. The molecular formula is C18H29N3O2. The van der Waals surface area contributed by atoms with Crippen molar-refractivity contribution in [1.29, 1.82) is 0 Å². The van der Waals surface area contributed by atoms with Gasteiger partial charge < -0.3 is 15.7 Å². The number of hydrogen-bond acceptors (Lipinski definition) is 3. The molecule has 1 aromatic rings. The fourth-order valence-corrected chi connectivity index (χ4v) is 3.04. The lowest BCUT2D eigenvalue weighted by atomic mass is 10.1. The molecule has 0 bridgehead atoms. The molecule has 1 saturated heterocycles. The van der Waals surface area contributed by atoms with Crippen molar-refractivity contribution >= 4 is 11.7 Å². The Kier molecular flexibility index (Phi) is 7.36. The Morgan fingerprint density at radius 3 is 2.78 bits per heavy atom. The van der Waals surface area contributed by atoms with Gasteiger partial charge in [0.15, 0.2) is 0 Å². The number of carbonyl (C=O) groups is 1. The zero-order valence-electron chi connectivity index (χ0n) is 14.1. The number of unbranched alkanes of at least 4 members (excludes halogenated alkanes) is 1. The molecule has 0 aromatic heterocycles. The predicted octanol–water partition coefficient (Wildman–Crippen LogP) is 2.61. The molecule has 1 aromatic carbocycles. The molecule has 0 radical (unpaired) electrons. The van der Waals surface area contributed by atoms with Crippen LogP contribution in [0.4, 0.5) is 10.5 Å². The number of urea groups is 1. The third kappa shape index (κ3) is 5.84. The van der Waals surface area contributed by atoms with E-state index in [4.69, 9.17) is 0 Å². The van der Waals surface area contributed by atoms with E-state index in [1.54, 1.807) is 0 Å². The highest BCUT2D eigenvalue weighted by atomic mass is 16.3. The summed E-state index contributed by atoms with van der Waals surface area (Å²) in [5.74, 6) is 0. The van der Waals surface area contributed by atoms with E-state index in [1.165, 1.54) is 12.0 Å². The van der Waals surface area contributed by atoms with Crippen LogP contribution in [0.25, 0.3) is 0 Å². The largest absolute Gasteiger partial charge is 0.395 e. The van der Waals surface area contributed by atoms with Crippen LogP contribution < -0.4 is 10.6 Å². The number of hydrogen-bond donors (Lipinski definition) is 3. The summed E-state index contributed by atoms with van der Waals surface area (Å²) in [5.41, 5.74) is 2.08. The van der Waals surface area contributed by atoms with Gasteiger partial charge in [0.1, 0.15) is 0 Å². The Hall–Kier alpha value is -1.59. The van der Waals surface area contributed by atoms with Gasteiger partial charge in [0.05, 0.1) is 6.61 Å². The molecule has 5 nitrogen and oxygen atoms in total. The third-order valence-corrected chi connectivity index (χ3v) is 4.49. The van der Waals surface area contributed by atoms with Crippen LogP contribution in [0, 0.1) is 0 Å². The molecule has 128 valence electrons. The van der Waals surface area contributed by atoms with E-state index in [1.807, 2.05) is 24.3 Å². The van der Waals surface area contributed by atoms with Gasteiger partial charge in [-0.3, -0.25) is 4.90 Å². The number of nitrogens with one attached hydrogen (secondary N) is 2. The van der Waals surface area contributed by atoms with Crippen LogP contribution in [0.3, 0.4) is 0 Å². The molecule has 5 heteroatoms. The Balaban J connectivity index is 1.57. The van der Waals surface area contributed by atoms with Gasteiger partial charge in [-0.1, -0.05) is 19.1 Å². The Morgan fingerprint density at radius 2 is 2.09 bits per heavy atom. The number of aliphatic hydroxyl groups is 1. The summed E-state index contributed by atoms with van der Waals surface area (Å²) < 4.78 is 0. The van der Waals surface area contributed by atoms with Crippen molar-refractivity contribution in [2.45, 2.75) is 45.1 Å². The van der Waals surface area contributed by atoms with E-state index in [0.717, 1.165) is 44.5 Å². The quantitative estimate of drug-likeness (QED) is 0.645. The van der Waals surface area contributed by atoms with Gasteiger partial charge in [-0.15, -0.1) is 0 Å². The van der Waals surface area contributed by atoms with Gasteiger partial charge in [-0.2, -0.15) is 0 Å². The van der Waals surface area contributed by atoms with Crippen LogP contribution in [0.1, 0.15) is 38.2 Å². The Labute approximate surface area is 139 Å². The highest BCUT2D eigenvalue weighted by molar-refractivity contribution is 5.89. The Bertz CT molecular complexity index is 476. The van der Waals surface area contributed by atoms with Gasteiger partial charge in [-0.05, 0) is 62.9 Å². The van der Waals surface area contributed by atoms with E-state index < -0.39 is 0 Å². The second-order valence-electron chi connectivity index (χ2n) is 6.15. The van der Waals surface area contributed by atoms with Crippen LogP contribution in [-0.2, 0) is 6.42 Å². The number of rotatable bonds is 8. The topological polar surface area (TPSA) is 64.6 Å². The van der Waals surface area contributed by atoms with Crippen molar-refractivity contribution in [2.24, 2.45) is 0 Å². The number of likely N-dealkylation sites (tertiary alicyclic amines) is 1. The monoisotopic (exact) mass is 319 g/mol. The molecule has 1 heterocycles. The number of benzene rings is 1. The van der Waals surface area contributed by atoms with Gasteiger partial charge in [0, 0.05) is 18.3 Å². The summed E-state index contributed by atoms with van der Waals surface area (Å²) in [6.07, 6.45) is 5.29. The summed E-state index contributed by atoms with van der Waals surface area (Å²) in [5, 5.41) is 15.0. The standard InChI is InChI=1S/C18H29N3O2/c1-2-15-7-9-16(10-8-15)20-18(23)19-11-3-4-12-21-13-5-6-17(21)14-22/h7-10,17,22H,2-6,11-14H2,1H3,(H2,19,20,23). The predicted molar refractivity (Wildman–Crippen MR) is 93.8 cm³/mol. The fourth-order valence-electron chi connectivity index (χ4n) is 3.04. The smallest absolute Gasteiger partial charge is 0.319 e. The van der Waals surface area contributed by atoms with Crippen molar-refractivity contribution in [1.82, 2.24) is 10.2 Å². The average Bonchev–Trinajstić information content (AvgIpc) is 3.02. The number of nitrogens with zero attached hydrogens (tertiary/aromatic N) is 1. The maximum Gasteiger partial charge on any atom is 0.319 e. The number of amides is 2. The molecule has 0 aliphatic carbocycles. The highest BCUT2D eigenvalue weighted by Gasteiger charge is 2.22. The van der Waals surface area contributed by atoms with E-state index in [9.17, 15) is 9.90 Å². The molecule has 0 saturated carbocycles. The lowest BCUT2D eigenvalue weighted by Gasteiger charge is -2.22. The minimum Gasteiger partial charge on any atom is -0.395 e. The summed E-state index contributed by atoms with van der Waals surface area (Å²) in [4.78, 5) is 14.2. The van der Waals surface area contributed by atoms with Crippen molar-refractivity contribution in [3.8, 4) is 0 Å². The second-order valence-corrected chi connectivity index (χ2v) is 6.15. The zero-order chi connectivity index (χ0) is 16.5. The van der Waals surface area contributed by atoms with Crippen LogP contribution in [0.2, 0.25) is 0 Å². The summed E-state index contributed by atoms with van der Waals surface area (Å²) >= 11 is 0. The number of aryl methyl sites for hydroxylation is 1. The van der Waals surface area contributed by atoms with E-state index in [2.05, 4.69) is 22.5 Å². The van der Waals surface area contributed by atoms with Crippen LogP contribution in [0.5, 0.6) is 0 Å². The van der Waals surface area contributed by atoms with Gasteiger partial charge in [0.2, 0.25) is 0 Å². The molecule has 2 amide bonds. The van der Waals surface area contributed by atoms with E-state index >= 15 is 0 Å².